The van der Waals surface area contributed by atoms with Crippen LogP contribution in [0.4, 0.5) is 0 Å². The van der Waals surface area contributed by atoms with Gasteiger partial charge in [-0.3, -0.25) is 14.6 Å². The Morgan fingerprint density at radius 2 is 1.89 bits per heavy atom. The second kappa shape index (κ2) is 11.7. The average Bonchev–Trinajstić information content (AvgIpc) is 2.93. The standard InChI is InChI=1S/C29H32N4O4/c1-5-20-18-26(34)33(32-27(20)22-14-15-24(36-4)25(17-22)37-6-2)28(21-12-10-19(3)11-13-21)31-29(35)23-9-7-8-16-30-23/h7-17,20,28H,5-6,18H2,1-4H3,(H,31,35). The van der Waals surface area contributed by atoms with Gasteiger partial charge in [-0.1, -0.05) is 42.8 Å². The van der Waals surface area contributed by atoms with Gasteiger partial charge in [-0.25, -0.2) is 5.01 Å². The van der Waals surface area contributed by atoms with E-state index in [0.717, 1.165) is 28.8 Å². The molecule has 2 aromatic carbocycles. The lowest BCUT2D eigenvalue weighted by molar-refractivity contribution is -0.135. The molecule has 192 valence electrons. The lowest BCUT2D eigenvalue weighted by atomic mass is 9.89. The molecule has 2 unspecified atom stereocenters. The molecule has 1 N–H and O–H groups in total. The number of methoxy groups -OCH3 is 1. The molecule has 3 aromatic rings. The van der Waals surface area contributed by atoms with Crippen LogP contribution in [0.1, 0.15) is 60.0 Å². The third kappa shape index (κ3) is 5.80. The summed E-state index contributed by atoms with van der Waals surface area (Å²) in [6.45, 7) is 6.43. The first kappa shape index (κ1) is 25.9. The molecule has 1 aliphatic heterocycles. The van der Waals surface area contributed by atoms with Crippen LogP contribution in [0.2, 0.25) is 0 Å². The summed E-state index contributed by atoms with van der Waals surface area (Å²) in [5.41, 5.74) is 3.67. The molecular formula is C29H32N4O4. The first-order chi connectivity index (χ1) is 17.9. The summed E-state index contributed by atoms with van der Waals surface area (Å²) in [5, 5.41) is 9.22. The van der Waals surface area contributed by atoms with Crippen LogP contribution in [0, 0.1) is 12.8 Å². The molecule has 0 spiro atoms. The fourth-order valence-corrected chi connectivity index (χ4v) is 4.32. The summed E-state index contributed by atoms with van der Waals surface area (Å²) in [6.07, 6.45) is 1.76. The van der Waals surface area contributed by atoms with Gasteiger partial charge in [-0.05, 0) is 56.2 Å². The van der Waals surface area contributed by atoms with E-state index in [9.17, 15) is 9.59 Å². The minimum absolute atomic E-state index is 0.0724. The Labute approximate surface area is 217 Å². The van der Waals surface area contributed by atoms with Crippen LogP contribution in [0.25, 0.3) is 0 Å². The second-order valence-corrected chi connectivity index (χ2v) is 8.83. The van der Waals surface area contributed by atoms with E-state index in [1.54, 1.807) is 31.5 Å². The van der Waals surface area contributed by atoms with E-state index in [0.29, 0.717) is 18.1 Å². The quantitative estimate of drug-likeness (QED) is 0.452. The summed E-state index contributed by atoms with van der Waals surface area (Å²) in [5.74, 6) is 0.611. The number of hydrogen-bond donors (Lipinski definition) is 1. The Morgan fingerprint density at radius 3 is 2.54 bits per heavy atom. The number of carbonyl (C=O) groups excluding carboxylic acids is 2. The van der Waals surface area contributed by atoms with Gasteiger partial charge < -0.3 is 14.8 Å². The number of amides is 2. The molecule has 0 aliphatic carbocycles. The fraction of sp³-hybridized carbons (Fsp3) is 0.310. The normalized spacial score (nSPS) is 16.1. The minimum atomic E-state index is -0.806. The lowest BCUT2D eigenvalue weighted by Gasteiger charge is -2.35. The number of nitrogens with zero attached hydrogens (tertiary/aromatic N) is 3. The highest BCUT2D eigenvalue weighted by molar-refractivity contribution is 6.06. The molecule has 2 atom stereocenters. The Kier molecular flexibility index (Phi) is 8.18. The molecule has 8 heteroatoms. The van der Waals surface area contributed by atoms with Crippen LogP contribution in [0.3, 0.4) is 0 Å². The van der Waals surface area contributed by atoms with Crippen LogP contribution >= 0.6 is 0 Å². The van der Waals surface area contributed by atoms with Crippen molar-refractivity contribution in [2.75, 3.05) is 13.7 Å². The zero-order chi connectivity index (χ0) is 26.4. The van der Waals surface area contributed by atoms with E-state index in [2.05, 4.69) is 10.3 Å². The van der Waals surface area contributed by atoms with E-state index in [1.807, 2.05) is 63.2 Å². The van der Waals surface area contributed by atoms with E-state index in [1.165, 1.54) is 5.01 Å². The maximum atomic E-state index is 13.4. The summed E-state index contributed by atoms with van der Waals surface area (Å²) in [4.78, 5) is 30.7. The van der Waals surface area contributed by atoms with Crippen molar-refractivity contribution in [3.63, 3.8) is 0 Å². The van der Waals surface area contributed by atoms with Crippen LogP contribution in [-0.4, -0.2) is 41.2 Å². The first-order valence-corrected chi connectivity index (χ1v) is 12.4. The van der Waals surface area contributed by atoms with Gasteiger partial charge in [0.15, 0.2) is 17.7 Å². The number of ether oxygens (including phenoxy) is 2. The molecule has 2 heterocycles. The largest absolute Gasteiger partial charge is 0.493 e. The van der Waals surface area contributed by atoms with E-state index in [-0.39, 0.29) is 23.9 Å². The van der Waals surface area contributed by atoms with Crippen molar-refractivity contribution in [3.05, 3.63) is 89.2 Å². The zero-order valence-electron chi connectivity index (χ0n) is 21.6. The highest BCUT2D eigenvalue weighted by Gasteiger charge is 2.35. The SMILES string of the molecule is CCOc1cc(C2=NN(C(NC(=O)c3ccccn3)c3ccc(C)cc3)C(=O)CC2CC)ccc1OC. The number of nitrogens with one attached hydrogen (secondary N) is 1. The molecule has 37 heavy (non-hydrogen) atoms. The third-order valence-electron chi connectivity index (χ3n) is 6.33. The molecule has 0 saturated carbocycles. The van der Waals surface area contributed by atoms with E-state index < -0.39 is 12.1 Å². The minimum Gasteiger partial charge on any atom is -0.493 e. The molecule has 4 rings (SSSR count). The maximum Gasteiger partial charge on any atom is 0.271 e. The molecule has 1 aliphatic rings. The Hall–Kier alpha value is -4.20. The number of benzene rings is 2. The molecule has 1 aromatic heterocycles. The molecule has 0 radical (unpaired) electrons. The maximum absolute atomic E-state index is 13.4. The van der Waals surface area contributed by atoms with Crippen LogP contribution in [0.15, 0.2) is 72.0 Å². The fourth-order valence-electron chi connectivity index (χ4n) is 4.32. The van der Waals surface area contributed by atoms with Gasteiger partial charge in [0.1, 0.15) is 5.69 Å². The number of aromatic nitrogens is 1. The van der Waals surface area contributed by atoms with Gasteiger partial charge in [0.2, 0.25) is 5.91 Å². The van der Waals surface area contributed by atoms with Crippen molar-refractivity contribution >= 4 is 17.5 Å². The van der Waals surface area contributed by atoms with Crippen LogP contribution in [-0.2, 0) is 4.79 Å². The highest BCUT2D eigenvalue weighted by Crippen LogP contribution is 2.33. The molecule has 8 nitrogen and oxygen atoms in total. The van der Waals surface area contributed by atoms with E-state index in [4.69, 9.17) is 14.6 Å². The smallest absolute Gasteiger partial charge is 0.271 e. The number of hydrogen-bond acceptors (Lipinski definition) is 6. The predicted octanol–water partition coefficient (Wildman–Crippen LogP) is 4.89. The Balaban J connectivity index is 1.78. The van der Waals surface area contributed by atoms with Crippen molar-refractivity contribution in [2.45, 2.75) is 39.8 Å². The zero-order valence-corrected chi connectivity index (χ0v) is 21.6. The summed E-state index contributed by atoms with van der Waals surface area (Å²) >= 11 is 0. The second-order valence-electron chi connectivity index (χ2n) is 8.83. The number of pyridine rings is 1. The molecule has 2 amide bonds. The van der Waals surface area contributed by atoms with Crippen LogP contribution < -0.4 is 14.8 Å². The average molecular weight is 501 g/mol. The topological polar surface area (TPSA) is 93.1 Å². The van der Waals surface area contributed by atoms with Gasteiger partial charge in [0.05, 0.1) is 19.4 Å². The van der Waals surface area contributed by atoms with E-state index >= 15 is 0 Å². The monoisotopic (exact) mass is 500 g/mol. The Bertz CT molecular complexity index is 1270. The van der Waals surface area contributed by atoms with Gasteiger partial charge in [0.25, 0.3) is 5.91 Å². The third-order valence-corrected chi connectivity index (χ3v) is 6.33. The van der Waals surface area contributed by atoms with Crippen molar-refractivity contribution in [1.29, 1.82) is 0 Å². The summed E-state index contributed by atoms with van der Waals surface area (Å²) in [6, 6.07) is 18.5. The molecular weight excluding hydrogens is 468 g/mol. The van der Waals surface area contributed by atoms with Gasteiger partial charge in [0, 0.05) is 24.1 Å². The van der Waals surface area contributed by atoms with Gasteiger partial charge in [-0.2, -0.15) is 5.10 Å². The summed E-state index contributed by atoms with van der Waals surface area (Å²) in [7, 11) is 1.60. The lowest BCUT2D eigenvalue weighted by Crippen LogP contribution is -2.46. The molecule has 0 saturated heterocycles. The number of rotatable bonds is 9. The highest BCUT2D eigenvalue weighted by atomic mass is 16.5. The van der Waals surface area contributed by atoms with Crippen molar-refractivity contribution in [1.82, 2.24) is 15.3 Å². The summed E-state index contributed by atoms with van der Waals surface area (Å²) < 4.78 is 11.2. The van der Waals surface area contributed by atoms with Crippen molar-refractivity contribution < 1.29 is 19.1 Å². The predicted molar refractivity (Wildman–Crippen MR) is 142 cm³/mol. The number of aryl methyl sites for hydroxylation is 1. The van der Waals surface area contributed by atoms with Crippen molar-refractivity contribution in [3.8, 4) is 11.5 Å². The number of carbonyl (C=O) groups is 2. The Morgan fingerprint density at radius 1 is 1.11 bits per heavy atom. The number of hydrazone groups is 1. The van der Waals surface area contributed by atoms with Gasteiger partial charge >= 0.3 is 0 Å². The van der Waals surface area contributed by atoms with Crippen LogP contribution in [0.5, 0.6) is 11.5 Å². The molecule has 0 fully saturated rings. The molecule has 0 bridgehead atoms. The first-order valence-electron chi connectivity index (χ1n) is 12.4. The van der Waals surface area contributed by atoms with Crippen molar-refractivity contribution in [2.24, 2.45) is 11.0 Å². The van der Waals surface area contributed by atoms with Gasteiger partial charge in [-0.15, -0.1) is 0 Å².